The number of anilines is 2. The topological polar surface area (TPSA) is 106 Å². The minimum absolute atomic E-state index is 0.00126. The monoisotopic (exact) mass is 326 g/mol. The highest BCUT2D eigenvalue weighted by molar-refractivity contribution is 6.08. The summed E-state index contributed by atoms with van der Waals surface area (Å²) < 4.78 is 0. The van der Waals surface area contributed by atoms with Crippen LogP contribution in [0.4, 0.5) is 17.3 Å². The van der Waals surface area contributed by atoms with Crippen LogP contribution in [0.5, 0.6) is 0 Å². The van der Waals surface area contributed by atoms with Gasteiger partial charge in [0.2, 0.25) is 5.95 Å². The molecule has 1 N–H and O–H groups in total. The summed E-state index contributed by atoms with van der Waals surface area (Å²) in [7, 11) is 1.67. The molecule has 0 atom stereocenters. The standard InChI is InChI=1S/C16H18N6O2/c1-5-12(9-17-4)15-18-11(3)19-16(21-15)20-14-8-13(22(23)24)7-6-10(14)2/h5-9H,1-4H3,(H,18,19,20,21)/b12-5+,17-9?. The number of hydrogen-bond donors (Lipinski definition) is 1. The van der Waals surface area contributed by atoms with Crippen LogP contribution in [0.3, 0.4) is 0 Å². The van der Waals surface area contributed by atoms with Gasteiger partial charge in [-0.2, -0.15) is 9.97 Å². The van der Waals surface area contributed by atoms with Gasteiger partial charge in [0.15, 0.2) is 5.82 Å². The second-order valence-corrected chi connectivity index (χ2v) is 5.04. The number of non-ortho nitro benzene ring substituents is 1. The normalized spacial score (nSPS) is 11.8. The predicted octanol–water partition coefficient (Wildman–Crippen LogP) is 3.24. The van der Waals surface area contributed by atoms with Gasteiger partial charge in [-0.1, -0.05) is 12.1 Å². The van der Waals surface area contributed by atoms with Gasteiger partial charge in [-0.05, 0) is 26.3 Å². The van der Waals surface area contributed by atoms with E-state index in [4.69, 9.17) is 0 Å². The van der Waals surface area contributed by atoms with Crippen molar-refractivity contribution in [1.82, 2.24) is 15.0 Å². The third kappa shape index (κ3) is 3.97. The van der Waals surface area contributed by atoms with Crippen molar-refractivity contribution in [3.63, 3.8) is 0 Å². The van der Waals surface area contributed by atoms with E-state index < -0.39 is 4.92 Å². The molecule has 0 aliphatic carbocycles. The van der Waals surface area contributed by atoms with Gasteiger partial charge in [-0.15, -0.1) is 0 Å². The molecule has 8 heteroatoms. The summed E-state index contributed by atoms with van der Waals surface area (Å²) in [6.45, 7) is 5.48. The maximum Gasteiger partial charge on any atom is 0.271 e. The number of rotatable bonds is 5. The molecule has 0 radical (unpaired) electrons. The average molecular weight is 326 g/mol. The largest absolute Gasteiger partial charge is 0.324 e. The molecule has 0 saturated heterocycles. The van der Waals surface area contributed by atoms with Gasteiger partial charge in [-0.3, -0.25) is 15.1 Å². The molecule has 0 bridgehead atoms. The fraction of sp³-hybridized carbons (Fsp3) is 0.250. The molecule has 0 spiro atoms. The van der Waals surface area contributed by atoms with Crippen LogP contribution in [-0.4, -0.2) is 33.1 Å². The number of hydrogen-bond acceptors (Lipinski definition) is 7. The van der Waals surface area contributed by atoms with Crippen molar-refractivity contribution in [1.29, 1.82) is 0 Å². The smallest absolute Gasteiger partial charge is 0.271 e. The molecule has 0 aliphatic heterocycles. The molecule has 8 nitrogen and oxygen atoms in total. The number of nitrogens with one attached hydrogen (secondary N) is 1. The number of aryl methyl sites for hydroxylation is 2. The van der Waals surface area contributed by atoms with Crippen LogP contribution >= 0.6 is 0 Å². The third-order valence-electron chi connectivity index (χ3n) is 3.26. The summed E-state index contributed by atoms with van der Waals surface area (Å²) in [6, 6.07) is 4.59. The first-order chi connectivity index (χ1) is 11.4. The highest BCUT2D eigenvalue weighted by Crippen LogP contribution is 2.24. The lowest BCUT2D eigenvalue weighted by Gasteiger charge is -2.10. The van der Waals surface area contributed by atoms with Gasteiger partial charge in [0.25, 0.3) is 5.69 Å². The number of aliphatic imine (C=N–C) groups is 1. The zero-order valence-corrected chi connectivity index (χ0v) is 13.9. The van der Waals surface area contributed by atoms with Crippen LogP contribution in [0.15, 0.2) is 29.3 Å². The van der Waals surface area contributed by atoms with Crippen LogP contribution in [0, 0.1) is 24.0 Å². The first-order valence-corrected chi connectivity index (χ1v) is 7.28. The summed E-state index contributed by atoms with van der Waals surface area (Å²) in [5, 5.41) is 14.0. The van der Waals surface area contributed by atoms with Gasteiger partial charge in [0.05, 0.1) is 10.6 Å². The zero-order valence-electron chi connectivity index (χ0n) is 13.9. The van der Waals surface area contributed by atoms with Crippen LogP contribution in [0.1, 0.15) is 24.1 Å². The number of allylic oxidation sites excluding steroid dienone is 2. The number of nitro groups is 1. The third-order valence-corrected chi connectivity index (χ3v) is 3.26. The van der Waals surface area contributed by atoms with E-state index in [1.54, 1.807) is 26.3 Å². The number of nitro benzene ring substituents is 1. The Hall–Kier alpha value is -3.16. The van der Waals surface area contributed by atoms with E-state index in [0.29, 0.717) is 23.3 Å². The lowest BCUT2D eigenvalue weighted by molar-refractivity contribution is -0.384. The Labute approximate surface area is 139 Å². The fourth-order valence-corrected chi connectivity index (χ4v) is 2.05. The summed E-state index contributed by atoms with van der Waals surface area (Å²) in [5.74, 6) is 1.35. The maximum absolute atomic E-state index is 10.9. The molecule has 0 aliphatic rings. The maximum atomic E-state index is 10.9. The Morgan fingerprint density at radius 1 is 1.29 bits per heavy atom. The predicted molar refractivity (Wildman–Crippen MR) is 93.7 cm³/mol. The van der Waals surface area contributed by atoms with Gasteiger partial charge in [-0.25, -0.2) is 4.98 Å². The lowest BCUT2D eigenvalue weighted by atomic mass is 10.2. The first kappa shape index (κ1) is 17.2. The molecule has 1 heterocycles. The molecule has 0 saturated carbocycles. The second kappa shape index (κ2) is 7.40. The van der Waals surface area contributed by atoms with Crippen molar-refractivity contribution >= 4 is 29.1 Å². The quantitative estimate of drug-likeness (QED) is 0.513. The highest BCUT2D eigenvalue weighted by Gasteiger charge is 2.12. The molecule has 2 aromatic rings. The summed E-state index contributed by atoms with van der Waals surface area (Å²) in [5.41, 5.74) is 2.19. The van der Waals surface area contributed by atoms with Crippen molar-refractivity contribution in [2.24, 2.45) is 4.99 Å². The lowest BCUT2D eigenvalue weighted by Crippen LogP contribution is -2.06. The van der Waals surface area contributed by atoms with Gasteiger partial charge in [0, 0.05) is 31.0 Å². The Balaban J connectivity index is 2.42. The van der Waals surface area contributed by atoms with Crippen LogP contribution in [0.2, 0.25) is 0 Å². The molecule has 1 aromatic heterocycles. The van der Waals surface area contributed by atoms with Crippen molar-refractivity contribution in [3.8, 4) is 0 Å². The molecular formula is C16H18N6O2. The molecule has 124 valence electrons. The molecule has 24 heavy (non-hydrogen) atoms. The van der Waals surface area contributed by atoms with E-state index in [0.717, 1.165) is 11.1 Å². The summed E-state index contributed by atoms with van der Waals surface area (Å²) in [6.07, 6.45) is 3.52. The summed E-state index contributed by atoms with van der Waals surface area (Å²) >= 11 is 0. The van der Waals surface area contributed by atoms with Crippen LogP contribution in [0.25, 0.3) is 5.57 Å². The number of benzene rings is 1. The highest BCUT2D eigenvalue weighted by atomic mass is 16.6. The van der Waals surface area contributed by atoms with Crippen molar-refractivity contribution < 1.29 is 4.92 Å². The first-order valence-electron chi connectivity index (χ1n) is 7.28. The number of nitrogens with zero attached hydrogens (tertiary/aromatic N) is 5. The van der Waals surface area contributed by atoms with Crippen molar-refractivity contribution in [2.45, 2.75) is 20.8 Å². The average Bonchev–Trinajstić information content (AvgIpc) is 2.53. The minimum Gasteiger partial charge on any atom is -0.324 e. The van der Waals surface area contributed by atoms with Gasteiger partial charge < -0.3 is 5.32 Å². The van der Waals surface area contributed by atoms with Crippen molar-refractivity contribution in [3.05, 3.63) is 51.6 Å². The SMILES string of the molecule is C/C=C(\C=NC)c1nc(C)nc(Nc2cc([N+](=O)[O-])ccc2C)n1. The van der Waals surface area contributed by atoms with E-state index in [-0.39, 0.29) is 5.69 Å². The van der Waals surface area contributed by atoms with E-state index in [9.17, 15) is 10.1 Å². The van der Waals surface area contributed by atoms with E-state index in [1.807, 2.05) is 19.9 Å². The summed E-state index contributed by atoms with van der Waals surface area (Å²) in [4.78, 5) is 27.4. The Kier molecular flexibility index (Phi) is 5.31. The Morgan fingerprint density at radius 3 is 2.67 bits per heavy atom. The van der Waals surface area contributed by atoms with Gasteiger partial charge >= 0.3 is 0 Å². The molecule has 2 rings (SSSR count). The van der Waals surface area contributed by atoms with Crippen molar-refractivity contribution in [2.75, 3.05) is 12.4 Å². The zero-order chi connectivity index (χ0) is 17.7. The van der Waals surface area contributed by atoms with E-state index in [2.05, 4.69) is 25.3 Å². The molecule has 0 amide bonds. The molecule has 1 aromatic carbocycles. The van der Waals surface area contributed by atoms with Gasteiger partial charge in [0.1, 0.15) is 5.82 Å². The van der Waals surface area contributed by atoms with E-state index in [1.165, 1.54) is 12.1 Å². The minimum atomic E-state index is -0.440. The number of aromatic nitrogens is 3. The van der Waals surface area contributed by atoms with Crippen LogP contribution in [-0.2, 0) is 0 Å². The fourth-order valence-electron chi connectivity index (χ4n) is 2.05. The molecule has 0 unspecified atom stereocenters. The molecular weight excluding hydrogens is 308 g/mol. The van der Waals surface area contributed by atoms with Crippen LogP contribution < -0.4 is 5.32 Å². The van der Waals surface area contributed by atoms with E-state index >= 15 is 0 Å². The molecule has 0 fully saturated rings. The second-order valence-electron chi connectivity index (χ2n) is 5.04. The Morgan fingerprint density at radius 2 is 2.04 bits per heavy atom. The Bertz CT molecular complexity index is 829.